The van der Waals surface area contributed by atoms with Crippen LogP contribution in [0.1, 0.15) is 22.8 Å². The molecule has 0 aliphatic carbocycles. The van der Waals surface area contributed by atoms with Crippen molar-refractivity contribution in [3.05, 3.63) is 59.2 Å². The summed E-state index contributed by atoms with van der Waals surface area (Å²) in [6, 6.07) is 11.5. The summed E-state index contributed by atoms with van der Waals surface area (Å²) in [4.78, 5) is 0. The second kappa shape index (κ2) is 9.30. The molecule has 0 aliphatic rings. The minimum atomic E-state index is 0.549. The van der Waals surface area contributed by atoms with E-state index in [2.05, 4.69) is 10.2 Å². The van der Waals surface area contributed by atoms with Gasteiger partial charge in [0.15, 0.2) is 34.6 Å². The van der Waals surface area contributed by atoms with E-state index >= 15 is 0 Å². The highest BCUT2D eigenvalue weighted by Gasteiger charge is 2.14. The third kappa shape index (κ3) is 4.37. The SMILES string of the molecule is COc1ccc(CC(=Nn2c(C)nnc2C)c2ccc(OC)c(OC)c2)cc1OC. The highest BCUT2D eigenvalue weighted by atomic mass is 16.5. The van der Waals surface area contributed by atoms with Crippen molar-refractivity contribution in [1.29, 1.82) is 0 Å². The molecule has 0 N–H and O–H groups in total. The normalized spacial score (nSPS) is 11.3. The summed E-state index contributed by atoms with van der Waals surface area (Å²) in [6.07, 6.45) is 0.549. The van der Waals surface area contributed by atoms with E-state index < -0.39 is 0 Å². The van der Waals surface area contributed by atoms with E-state index in [0.29, 0.717) is 41.1 Å². The summed E-state index contributed by atoms with van der Waals surface area (Å²) >= 11 is 0. The van der Waals surface area contributed by atoms with Crippen molar-refractivity contribution >= 4 is 5.71 Å². The first-order chi connectivity index (χ1) is 14.5. The maximum atomic E-state index is 5.48. The Morgan fingerprint density at radius 3 is 1.87 bits per heavy atom. The fraction of sp³-hybridized carbons (Fsp3) is 0.318. The lowest BCUT2D eigenvalue weighted by molar-refractivity contribution is 0.354. The molecule has 2 aromatic carbocycles. The lowest BCUT2D eigenvalue weighted by Crippen LogP contribution is -2.10. The van der Waals surface area contributed by atoms with Crippen LogP contribution >= 0.6 is 0 Å². The molecular weight excluding hydrogens is 384 g/mol. The molecule has 0 bridgehead atoms. The van der Waals surface area contributed by atoms with Gasteiger partial charge >= 0.3 is 0 Å². The molecule has 0 unspecified atom stereocenters. The second-order valence-corrected chi connectivity index (χ2v) is 6.59. The Kier molecular flexibility index (Phi) is 6.56. The van der Waals surface area contributed by atoms with Gasteiger partial charge < -0.3 is 18.9 Å². The fourth-order valence-corrected chi connectivity index (χ4v) is 3.12. The summed E-state index contributed by atoms with van der Waals surface area (Å²) in [7, 11) is 6.46. The molecule has 1 heterocycles. The Balaban J connectivity index is 2.09. The summed E-state index contributed by atoms with van der Waals surface area (Å²) in [5, 5.41) is 13.1. The quantitative estimate of drug-likeness (QED) is 0.530. The molecule has 0 spiro atoms. The number of benzene rings is 2. The summed E-state index contributed by atoms with van der Waals surface area (Å²) in [5.74, 6) is 4.04. The van der Waals surface area contributed by atoms with Crippen LogP contribution in [0.3, 0.4) is 0 Å². The Hall–Kier alpha value is -3.55. The lowest BCUT2D eigenvalue weighted by atomic mass is 10.0. The average molecular weight is 410 g/mol. The molecule has 3 rings (SSSR count). The van der Waals surface area contributed by atoms with Crippen LogP contribution in [0, 0.1) is 13.8 Å². The van der Waals surface area contributed by atoms with Gasteiger partial charge in [-0.15, -0.1) is 10.2 Å². The molecule has 0 fully saturated rings. The highest BCUT2D eigenvalue weighted by Crippen LogP contribution is 2.30. The van der Waals surface area contributed by atoms with Gasteiger partial charge in [-0.25, -0.2) is 4.68 Å². The van der Waals surface area contributed by atoms with Gasteiger partial charge in [0.05, 0.1) is 34.2 Å². The molecule has 30 heavy (non-hydrogen) atoms. The third-order valence-corrected chi connectivity index (χ3v) is 4.71. The van der Waals surface area contributed by atoms with Gasteiger partial charge in [0.25, 0.3) is 0 Å². The highest BCUT2D eigenvalue weighted by molar-refractivity contribution is 6.02. The van der Waals surface area contributed by atoms with E-state index in [0.717, 1.165) is 16.8 Å². The van der Waals surface area contributed by atoms with Gasteiger partial charge in [-0.1, -0.05) is 6.07 Å². The fourth-order valence-electron chi connectivity index (χ4n) is 3.12. The van der Waals surface area contributed by atoms with Crippen molar-refractivity contribution in [2.75, 3.05) is 28.4 Å². The van der Waals surface area contributed by atoms with Crippen LogP contribution in [-0.2, 0) is 6.42 Å². The topological polar surface area (TPSA) is 80.0 Å². The Labute approximate surface area is 176 Å². The molecule has 8 nitrogen and oxygen atoms in total. The van der Waals surface area contributed by atoms with E-state index in [-0.39, 0.29) is 0 Å². The number of ether oxygens (including phenoxy) is 4. The van der Waals surface area contributed by atoms with Crippen molar-refractivity contribution < 1.29 is 18.9 Å². The van der Waals surface area contributed by atoms with Crippen molar-refractivity contribution in [2.45, 2.75) is 20.3 Å². The van der Waals surface area contributed by atoms with E-state index in [1.165, 1.54) is 0 Å². The van der Waals surface area contributed by atoms with Crippen LogP contribution < -0.4 is 18.9 Å². The summed E-state index contributed by atoms with van der Waals surface area (Å²) in [6.45, 7) is 3.73. The van der Waals surface area contributed by atoms with Crippen LogP contribution in [0.4, 0.5) is 0 Å². The second-order valence-electron chi connectivity index (χ2n) is 6.59. The van der Waals surface area contributed by atoms with Crippen molar-refractivity contribution in [1.82, 2.24) is 14.9 Å². The van der Waals surface area contributed by atoms with Crippen LogP contribution in [0.15, 0.2) is 41.5 Å². The summed E-state index contributed by atoms with van der Waals surface area (Å²) in [5.41, 5.74) is 2.73. The van der Waals surface area contributed by atoms with Crippen LogP contribution in [0.5, 0.6) is 23.0 Å². The first kappa shape index (κ1) is 21.2. The van der Waals surface area contributed by atoms with Crippen molar-refractivity contribution in [2.24, 2.45) is 5.10 Å². The molecule has 8 heteroatoms. The Morgan fingerprint density at radius 2 is 1.30 bits per heavy atom. The molecule has 3 aromatic rings. The number of hydrogen-bond acceptors (Lipinski definition) is 7. The molecule has 0 atom stereocenters. The number of hydrogen-bond donors (Lipinski definition) is 0. The average Bonchev–Trinajstić information content (AvgIpc) is 3.09. The standard InChI is InChI=1S/C22H26N4O4/c1-14-23-24-15(2)26(14)25-18(17-8-10-20(28-4)22(13-17)30-6)11-16-7-9-19(27-3)21(12-16)29-5/h7-10,12-13H,11H2,1-6H3. The van der Waals surface area contributed by atoms with Gasteiger partial charge in [0, 0.05) is 12.0 Å². The van der Waals surface area contributed by atoms with E-state index in [1.54, 1.807) is 33.1 Å². The number of nitrogens with zero attached hydrogens (tertiary/aromatic N) is 4. The molecular formula is C22H26N4O4. The van der Waals surface area contributed by atoms with Gasteiger partial charge in [-0.05, 0) is 49.7 Å². The van der Waals surface area contributed by atoms with Gasteiger partial charge in [0.2, 0.25) is 0 Å². The van der Waals surface area contributed by atoms with Crippen LogP contribution in [0.2, 0.25) is 0 Å². The zero-order valence-electron chi connectivity index (χ0n) is 18.1. The van der Waals surface area contributed by atoms with E-state index in [9.17, 15) is 0 Å². The Morgan fingerprint density at radius 1 is 0.767 bits per heavy atom. The van der Waals surface area contributed by atoms with E-state index in [1.807, 2.05) is 50.2 Å². The summed E-state index contributed by atoms with van der Waals surface area (Å²) < 4.78 is 23.4. The Bertz CT molecular complexity index is 1040. The monoisotopic (exact) mass is 410 g/mol. The minimum Gasteiger partial charge on any atom is -0.493 e. The van der Waals surface area contributed by atoms with Gasteiger partial charge in [-0.2, -0.15) is 5.10 Å². The van der Waals surface area contributed by atoms with Crippen LogP contribution in [0.25, 0.3) is 0 Å². The largest absolute Gasteiger partial charge is 0.493 e. The minimum absolute atomic E-state index is 0.549. The zero-order chi connectivity index (χ0) is 21.7. The number of methoxy groups -OCH3 is 4. The maximum Gasteiger partial charge on any atom is 0.161 e. The lowest BCUT2D eigenvalue weighted by Gasteiger charge is -2.14. The number of aromatic nitrogens is 3. The van der Waals surface area contributed by atoms with Crippen LogP contribution in [-0.4, -0.2) is 49.0 Å². The molecule has 0 saturated carbocycles. The number of rotatable bonds is 8. The first-order valence-corrected chi connectivity index (χ1v) is 9.40. The molecule has 158 valence electrons. The predicted molar refractivity (Wildman–Crippen MR) is 114 cm³/mol. The molecule has 0 amide bonds. The van der Waals surface area contributed by atoms with E-state index in [4.69, 9.17) is 24.0 Å². The number of aryl methyl sites for hydroxylation is 2. The molecule has 1 aromatic heterocycles. The smallest absolute Gasteiger partial charge is 0.161 e. The maximum absolute atomic E-state index is 5.48. The predicted octanol–water partition coefficient (Wildman–Crippen LogP) is 3.42. The molecule has 0 radical (unpaired) electrons. The molecule has 0 aliphatic heterocycles. The van der Waals surface area contributed by atoms with Crippen molar-refractivity contribution in [3.8, 4) is 23.0 Å². The molecule has 0 saturated heterocycles. The van der Waals surface area contributed by atoms with Crippen molar-refractivity contribution in [3.63, 3.8) is 0 Å². The van der Waals surface area contributed by atoms with Gasteiger partial charge in [0.1, 0.15) is 0 Å². The first-order valence-electron chi connectivity index (χ1n) is 9.40. The zero-order valence-corrected chi connectivity index (χ0v) is 18.1. The van der Waals surface area contributed by atoms with Gasteiger partial charge in [-0.3, -0.25) is 0 Å². The third-order valence-electron chi connectivity index (χ3n) is 4.71.